The van der Waals surface area contributed by atoms with Gasteiger partial charge in [0, 0.05) is 5.69 Å². The molecular formula is C16H23N3O4. The van der Waals surface area contributed by atoms with Crippen LogP contribution in [0.15, 0.2) is 29.4 Å². The molecule has 0 saturated heterocycles. The first-order chi connectivity index (χ1) is 10.9. The molecule has 0 aliphatic carbocycles. The lowest BCUT2D eigenvalue weighted by Crippen LogP contribution is -2.47. The highest BCUT2D eigenvalue weighted by atomic mass is 16.5. The fraction of sp³-hybridized carbons (Fsp3) is 0.438. The Morgan fingerprint density at radius 2 is 1.91 bits per heavy atom. The van der Waals surface area contributed by atoms with Gasteiger partial charge in [-0.1, -0.05) is 37.6 Å². The van der Waals surface area contributed by atoms with E-state index in [1.807, 2.05) is 13.8 Å². The number of oxime groups is 1. The van der Waals surface area contributed by atoms with E-state index in [2.05, 4.69) is 15.8 Å². The minimum atomic E-state index is -0.701. The number of esters is 1. The number of methoxy groups -OCH3 is 1. The summed E-state index contributed by atoms with van der Waals surface area (Å²) in [5, 5.41) is 17.1. The molecule has 2 unspecified atom stereocenters. The maximum atomic E-state index is 12.0. The summed E-state index contributed by atoms with van der Waals surface area (Å²) < 4.78 is 4.72. The predicted octanol–water partition coefficient (Wildman–Crippen LogP) is 2.59. The van der Waals surface area contributed by atoms with Crippen molar-refractivity contribution >= 4 is 23.4 Å². The zero-order valence-corrected chi connectivity index (χ0v) is 13.8. The molecule has 3 N–H and O–H groups in total. The van der Waals surface area contributed by atoms with Gasteiger partial charge >= 0.3 is 12.0 Å². The molecule has 0 fully saturated rings. The van der Waals surface area contributed by atoms with Crippen LogP contribution in [0.4, 0.5) is 10.5 Å². The maximum absolute atomic E-state index is 12.0. The van der Waals surface area contributed by atoms with E-state index in [-0.39, 0.29) is 5.92 Å². The maximum Gasteiger partial charge on any atom is 0.328 e. The van der Waals surface area contributed by atoms with E-state index in [1.54, 1.807) is 31.2 Å². The van der Waals surface area contributed by atoms with Crippen molar-refractivity contribution in [3.05, 3.63) is 29.8 Å². The highest BCUT2D eigenvalue weighted by molar-refractivity contribution is 5.99. The zero-order chi connectivity index (χ0) is 17.4. The number of hydrogen-bond donors (Lipinski definition) is 3. The fourth-order valence-electron chi connectivity index (χ4n) is 1.96. The van der Waals surface area contributed by atoms with Gasteiger partial charge in [0.15, 0.2) is 0 Å². The van der Waals surface area contributed by atoms with E-state index in [0.29, 0.717) is 11.4 Å². The van der Waals surface area contributed by atoms with Crippen LogP contribution in [0, 0.1) is 5.92 Å². The summed E-state index contributed by atoms with van der Waals surface area (Å²) in [7, 11) is 1.29. The molecule has 23 heavy (non-hydrogen) atoms. The quantitative estimate of drug-likeness (QED) is 0.324. The van der Waals surface area contributed by atoms with Crippen LogP contribution in [0.3, 0.4) is 0 Å². The lowest BCUT2D eigenvalue weighted by atomic mass is 9.99. The zero-order valence-electron chi connectivity index (χ0n) is 13.8. The molecule has 2 atom stereocenters. The molecule has 7 nitrogen and oxygen atoms in total. The van der Waals surface area contributed by atoms with E-state index in [4.69, 9.17) is 9.94 Å². The van der Waals surface area contributed by atoms with Crippen LogP contribution in [-0.4, -0.2) is 36.1 Å². The molecule has 0 saturated carbocycles. The first kappa shape index (κ1) is 18.5. The molecule has 1 aromatic carbocycles. The molecular weight excluding hydrogens is 298 g/mol. The van der Waals surface area contributed by atoms with E-state index in [0.717, 1.165) is 12.0 Å². The van der Waals surface area contributed by atoms with Gasteiger partial charge in [-0.25, -0.2) is 9.59 Å². The van der Waals surface area contributed by atoms with Gasteiger partial charge in [-0.15, -0.1) is 0 Å². The number of carbonyl (C=O) groups excluding carboxylic acids is 2. The monoisotopic (exact) mass is 321 g/mol. The third-order valence-electron chi connectivity index (χ3n) is 3.67. The van der Waals surface area contributed by atoms with E-state index < -0.39 is 18.0 Å². The van der Waals surface area contributed by atoms with Gasteiger partial charge in [-0.05, 0) is 30.5 Å². The van der Waals surface area contributed by atoms with Crippen molar-refractivity contribution in [3.63, 3.8) is 0 Å². The summed E-state index contributed by atoms with van der Waals surface area (Å²) in [6.45, 7) is 5.47. The molecule has 7 heteroatoms. The summed E-state index contributed by atoms with van der Waals surface area (Å²) in [4.78, 5) is 23.8. The predicted molar refractivity (Wildman–Crippen MR) is 87.9 cm³/mol. The Balaban J connectivity index is 2.72. The van der Waals surface area contributed by atoms with Gasteiger partial charge in [0.05, 0.1) is 12.8 Å². The normalized spacial score (nSPS) is 13.8. The topological polar surface area (TPSA) is 100 Å². The van der Waals surface area contributed by atoms with Gasteiger partial charge in [0.2, 0.25) is 0 Å². The average Bonchev–Trinajstić information content (AvgIpc) is 2.58. The van der Waals surface area contributed by atoms with Crippen LogP contribution in [0.25, 0.3) is 0 Å². The SMILES string of the molecule is CCC(C)C(NC(=O)Nc1ccc(/C(C)=N/O)cc1)C(=O)OC. The molecule has 0 radical (unpaired) electrons. The van der Waals surface area contributed by atoms with Crippen molar-refractivity contribution in [3.8, 4) is 0 Å². The Labute approximate surface area is 135 Å². The number of rotatable bonds is 6. The smallest absolute Gasteiger partial charge is 0.328 e. The first-order valence-corrected chi connectivity index (χ1v) is 7.37. The molecule has 0 aliphatic heterocycles. The minimum Gasteiger partial charge on any atom is -0.467 e. The summed E-state index contributed by atoms with van der Waals surface area (Å²) in [6.07, 6.45) is 0.731. The van der Waals surface area contributed by atoms with E-state index in [1.165, 1.54) is 7.11 Å². The van der Waals surface area contributed by atoms with Crippen molar-refractivity contribution < 1.29 is 19.5 Å². The largest absolute Gasteiger partial charge is 0.467 e. The molecule has 1 aromatic rings. The molecule has 0 heterocycles. The fourth-order valence-corrected chi connectivity index (χ4v) is 1.96. The van der Waals surface area contributed by atoms with E-state index in [9.17, 15) is 9.59 Å². The van der Waals surface area contributed by atoms with Crippen LogP contribution in [-0.2, 0) is 9.53 Å². The second kappa shape index (κ2) is 8.77. The average molecular weight is 321 g/mol. The van der Waals surface area contributed by atoms with Gasteiger partial charge in [0.25, 0.3) is 0 Å². The number of ether oxygens (including phenoxy) is 1. The van der Waals surface area contributed by atoms with Crippen LogP contribution >= 0.6 is 0 Å². The highest BCUT2D eigenvalue weighted by Gasteiger charge is 2.26. The molecule has 2 amide bonds. The summed E-state index contributed by atoms with van der Waals surface area (Å²) in [6, 6.07) is 5.61. The lowest BCUT2D eigenvalue weighted by molar-refractivity contribution is -0.144. The number of urea groups is 1. The van der Waals surface area contributed by atoms with Crippen molar-refractivity contribution in [2.75, 3.05) is 12.4 Å². The molecule has 126 valence electrons. The summed E-state index contributed by atoms with van der Waals surface area (Å²) in [5.41, 5.74) is 1.78. The Morgan fingerprint density at radius 1 is 1.30 bits per heavy atom. The molecule has 0 aliphatic rings. The lowest BCUT2D eigenvalue weighted by Gasteiger charge is -2.22. The molecule has 1 rings (SSSR count). The van der Waals surface area contributed by atoms with Crippen molar-refractivity contribution in [1.82, 2.24) is 5.32 Å². The number of nitrogens with zero attached hydrogens (tertiary/aromatic N) is 1. The van der Waals surface area contributed by atoms with Crippen molar-refractivity contribution in [2.24, 2.45) is 11.1 Å². The molecule has 0 spiro atoms. The van der Waals surface area contributed by atoms with Crippen LogP contribution in [0.5, 0.6) is 0 Å². The second-order valence-electron chi connectivity index (χ2n) is 5.25. The number of carbonyl (C=O) groups is 2. The van der Waals surface area contributed by atoms with Gasteiger partial charge in [0.1, 0.15) is 6.04 Å². The van der Waals surface area contributed by atoms with Crippen LogP contribution in [0.1, 0.15) is 32.8 Å². The molecule has 0 bridgehead atoms. The van der Waals surface area contributed by atoms with Crippen LogP contribution < -0.4 is 10.6 Å². The second-order valence-corrected chi connectivity index (χ2v) is 5.25. The Kier molecular flexibility index (Phi) is 7.05. The highest BCUT2D eigenvalue weighted by Crippen LogP contribution is 2.12. The Bertz CT molecular complexity index is 569. The van der Waals surface area contributed by atoms with Gasteiger partial charge in [-0.3, -0.25) is 0 Å². The number of amides is 2. The third-order valence-corrected chi connectivity index (χ3v) is 3.67. The Morgan fingerprint density at radius 3 is 2.39 bits per heavy atom. The van der Waals surface area contributed by atoms with Gasteiger partial charge < -0.3 is 20.6 Å². The Hall–Kier alpha value is -2.57. The standard InChI is InChI=1S/C16H23N3O4/c1-5-10(2)14(15(20)23-4)18-16(21)17-13-8-6-12(7-9-13)11(3)19-22/h6-10,14,22H,5H2,1-4H3,(H2,17,18,21)/b19-11+. The van der Waals surface area contributed by atoms with Crippen molar-refractivity contribution in [1.29, 1.82) is 0 Å². The molecule has 0 aromatic heterocycles. The first-order valence-electron chi connectivity index (χ1n) is 7.37. The summed E-state index contributed by atoms with van der Waals surface area (Å²) in [5.74, 6) is -0.515. The van der Waals surface area contributed by atoms with Gasteiger partial charge in [-0.2, -0.15) is 0 Å². The minimum absolute atomic E-state index is 0.0426. The van der Waals surface area contributed by atoms with E-state index >= 15 is 0 Å². The summed E-state index contributed by atoms with van der Waals surface area (Å²) >= 11 is 0. The number of benzene rings is 1. The third kappa shape index (κ3) is 5.28. The van der Waals surface area contributed by atoms with Crippen molar-refractivity contribution in [2.45, 2.75) is 33.2 Å². The number of hydrogen-bond acceptors (Lipinski definition) is 5. The number of nitrogens with one attached hydrogen (secondary N) is 2. The number of anilines is 1. The van der Waals surface area contributed by atoms with Crippen LogP contribution in [0.2, 0.25) is 0 Å².